The highest BCUT2D eigenvalue weighted by Crippen LogP contribution is 2.30. The van der Waals surface area contributed by atoms with Gasteiger partial charge in [-0.1, -0.05) is 13.0 Å². The van der Waals surface area contributed by atoms with Crippen molar-refractivity contribution >= 4 is 11.6 Å². The number of hydrogen-bond acceptors (Lipinski definition) is 2. The van der Waals surface area contributed by atoms with Gasteiger partial charge in [0.1, 0.15) is 5.75 Å². The first-order valence-corrected chi connectivity index (χ1v) is 5.34. The van der Waals surface area contributed by atoms with E-state index < -0.39 is 0 Å². The van der Waals surface area contributed by atoms with E-state index >= 15 is 0 Å². The van der Waals surface area contributed by atoms with Crippen molar-refractivity contribution in [3.8, 4) is 5.75 Å². The molecule has 3 nitrogen and oxygen atoms in total. The fourth-order valence-electron chi connectivity index (χ4n) is 2.01. The number of benzene rings is 1. The molecule has 1 aliphatic heterocycles. The largest absolute Gasteiger partial charge is 0.508 e. The van der Waals surface area contributed by atoms with Gasteiger partial charge in [-0.3, -0.25) is 4.79 Å². The van der Waals surface area contributed by atoms with Gasteiger partial charge in [0.2, 0.25) is 5.91 Å². The molecule has 0 atom stereocenters. The number of nitrogens with zero attached hydrogens (tertiary/aromatic N) is 1. The van der Waals surface area contributed by atoms with E-state index in [1.54, 1.807) is 17.0 Å². The average Bonchev–Trinajstić information content (AvgIpc) is 2.27. The van der Waals surface area contributed by atoms with E-state index in [-0.39, 0.29) is 11.7 Å². The van der Waals surface area contributed by atoms with Crippen molar-refractivity contribution < 1.29 is 9.90 Å². The van der Waals surface area contributed by atoms with Crippen LogP contribution in [0.2, 0.25) is 0 Å². The molecule has 0 aliphatic carbocycles. The van der Waals surface area contributed by atoms with E-state index in [2.05, 4.69) is 0 Å². The maximum Gasteiger partial charge on any atom is 0.226 e. The van der Waals surface area contributed by atoms with E-state index in [4.69, 9.17) is 0 Å². The minimum absolute atomic E-state index is 0.126. The summed E-state index contributed by atoms with van der Waals surface area (Å²) in [6.45, 7) is 2.63. The maximum atomic E-state index is 11.7. The molecule has 1 aromatic carbocycles. The van der Waals surface area contributed by atoms with Gasteiger partial charge in [0, 0.05) is 19.0 Å². The quantitative estimate of drug-likeness (QED) is 0.762. The number of rotatable bonds is 1. The Morgan fingerprint density at radius 1 is 1.53 bits per heavy atom. The number of fused-ring (bicyclic) bond motifs is 1. The van der Waals surface area contributed by atoms with Crippen molar-refractivity contribution in [1.29, 1.82) is 0 Å². The molecule has 2 rings (SSSR count). The third-order valence-electron chi connectivity index (χ3n) is 2.79. The van der Waals surface area contributed by atoms with Gasteiger partial charge >= 0.3 is 0 Å². The Morgan fingerprint density at radius 2 is 2.33 bits per heavy atom. The van der Waals surface area contributed by atoms with Crippen molar-refractivity contribution in [3.63, 3.8) is 0 Å². The Labute approximate surface area is 89.3 Å². The van der Waals surface area contributed by atoms with Crippen LogP contribution >= 0.6 is 0 Å². The number of phenolic OH excluding ortho intramolecular Hbond substituents is 1. The molecule has 1 aliphatic rings. The van der Waals surface area contributed by atoms with Crippen LogP contribution in [0.3, 0.4) is 0 Å². The summed E-state index contributed by atoms with van der Waals surface area (Å²) in [5.41, 5.74) is 2.04. The molecule has 0 aromatic heterocycles. The average molecular weight is 205 g/mol. The molecular formula is C12H15NO2. The molecule has 0 spiro atoms. The van der Waals surface area contributed by atoms with Crippen LogP contribution in [0.4, 0.5) is 5.69 Å². The summed E-state index contributed by atoms with van der Waals surface area (Å²) in [6.07, 6.45) is 2.50. The third-order valence-corrected chi connectivity index (χ3v) is 2.79. The molecule has 0 bridgehead atoms. The molecule has 1 aromatic rings. The zero-order valence-electron chi connectivity index (χ0n) is 8.86. The summed E-state index contributed by atoms with van der Waals surface area (Å²) in [6, 6.07) is 5.26. The number of aryl methyl sites for hydroxylation is 1. The van der Waals surface area contributed by atoms with Crippen LogP contribution in [0, 0.1) is 0 Å². The van der Waals surface area contributed by atoms with Crippen LogP contribution in [-0.2, 0) is 11.2 Å². The topological polar surface area (TPSA) is 40.5 Å². The number of hydrogen-bond donors (Lipinski definition) is 1. The van der Waals surface area contributed by atoms with E-state index in [9.17, 15) is 9.90 Å². The lowest BCUT2D eigenvalue weighted by Crippen LogP contribution is -2.34. The number of phenols is 1. The monoisotopic (exact) mass is 205 g/mol. The van der Waals surface area contributed by atoms with E-state index in [1.807, 2.05) is 13.0 Å². The lowest BCUT2D eigenvalue weighted by Gasteiger charge is -2.29. The summed E-state index contributed by atoms with van der Waals surface area (Å²) in [4.78, 5) is 13.5. The van der Waals surface area contributed by atoms with Crippen LogP contribution in [0.25, 0.3) is 0 Å². The molecule has 0 unspecified atom stereocenters. The maximum absolute atomic E-state index is 11.7. The van der Waals surface area contributed by atoms with Gasteiger partial charge < -0.3 is 10.0 Å². The number of carbonyl (C=O) groups excluding carboxylic acids is 1. The summed E-state index contributed by atoms with van der Waals surface area (Å²) < 4.78 is 0. The Bertz CT molecular complexity index is 387. The smallest absolute Gasteiger partial charge is 0.226 e. The summed E-state index contributed by atoms with van der Waals surface area (Å²) in [5.74, 6) is 0.353. The molecule has 0 saturated carbocycles. The zero-order valence-corrected chi connectivity index (χ0v) is 8.86. The molecule has 0 fully saturated rings. The molecule has 0 saturated heterocycles. The molecule has 80 valence electrons. The van der Waals surface area contributed by atoms with Gasteiger partial charge in [0.15, 0.2) is 0 Å². The highest BCUT2D eigenvalue weighted by atomic mass is 16.3. The van der Waals surface area contributed by atoms with Crippen LogP contribution in [0.1, 0.15) is 25.3 Å². The molecule has 1 heterocycles. The fraction of sp³-hybridized carbons (Fsp3) is 0.417. The molecule has 15 heavy (non-hydrogen) atoms. The number of carbonyl (C=O) groups is 1. The van der Waals surface area contributed by atoms with Gasteiger partial charge in [-0.2, -0.15) is 0 Å². The number of anilines is 1. The highest BCUT2D eigenvalue weighted by Gasteiger charge is 2.21. The summed E-state index contributed by atoms with van der Waals surface area (Å²) >= 11 is 0. The normalized spacial score (nSPS) is 14.9. The fourth-order valence-corrected chi connectivity index (χ4v) is 2.01. The highest BCUT2D eigenvalue weighted by molar-refractivity contribution is 5.94. The van der Waals surface area contributed by atoms with Gasteiger partial charge in [-0.05, 0) is 24.5 Å². The van der Waals surface area contributed by atoms with Crippen LogP contribution in [0.5, 0.6) is 5.75 Å². The van der Waals surface area contributed by atoms with Crippen molar-refractivity contribution in [2.24, 2.45) is 0 Å². The first-order chi connectivity index (χ1) is 7.22. The third kappa shape index (κ3) is 1.82. The molecule has 3 heteroatoms. The van der Waals surface area contributed by atoms with Crippen molar-refractivity contribution in [2.75, 3.05) is 11.4 Å². The first-order valence-electron chi connectivity index (χ1n) is 5.34. The van der Waals surface area contributed by atoms with Gasteiger partial charge in [0.25, 0.3) is 0 Å². The summed E-state index contributed by atoms with van der Waals surface area (Å²) in [7, 11) is 0. The summed E-state index contributed by atoms with van der Waals surface area (Å²) in [5, 5.41) is 9.42. The van der Waals surface area contributed by atoms with Gasteiger partial charge in [0.05, 0.1) is 5.69 Å². The van der Waals surface area contributed by atoms with E-state index in [0.29, 0.717) is 6.42 Å². The minimum atomic E-state index is 0.126. The number of amides is 1. The molecular weight excluding hydrogens is 190 g/mol. The second-order valence-electron chi connectivity index (χ2n) is 3.82. The molecule has 1 amide bonds. The SMILES string of the molecule is CCC(=O)N1CCCc2ccc(O)cc21. The standard InChI is InChI=1S/C12H15NO2/c1-2-12(15)13-7-3-4-9-5-6-10(14)8-11(9)13/h5-6,8,14H,2-4,7H2,1H3. The van der Waals surface area contributed by atoms with Crippen LogP contribution in [0.15, 0.2) is 18.2 Å². The first kappa shape index (κ1) is 10.0. The molecule has 0 radical (unpaired) electrons. The Balaban J connectivity index is 2.40. The Morgan fingerprint density at radius 3 is 3.07 bits per heavy atom. The Kier molecular flexibility index (Phi) is 2.62. The lowest BCUT2D eigenvalue weighted by atomic mass is 10.0. The minimum Gasteiger partial charge on any atom is -0.508 e. The predicted molar refractivity (Wildman–Crippen MR) is 59.1 cm³/mol. The number of aromatic hydroxyl groups is 1. The van der Waals surface area contributed by atoms with Gasteiger partial charge in [-0.15, -0.1) is 0 Å². The second-order valence-corrected chi connectivity index (χ2v) is 3.82. The van der Waals surface area contributed by atoms with E-state index in [0.717, 1.165) is 30.6 Å². The molecule has 1 N–H and O–H groups in total. The van der Waals surface area contributed by atoms with Crippen LogP contribution in [-0.4, -0.2) is 17.6 Å². The van der Waals surface area contributed by atoms with Crippen molar-refractivity contribution in [2.45, 2.75) is 26.2 Å². The van der Waals surface area contributed by atoms with Crippen LogP contribution < -0.4 is 4.90 Å². The van der Waals surface area contributed by atoms with Gasteiger partial charge in [-0.25, -0.2) is 0 Å². The van der Waals surface area contributed by atoms with Crippen molar-refractivity contribution in [1.82, 2.24) is 0 Å². The van der Waals surface area contributed by atoms with E-state index in [1.165, 1.54) is 0 Å². The zero-order chi connectivity index (χ0) is 10.8. The Hall–Kier alpha value is -1.51. The predicted octanol–water partition coefficient (Wildman–Crippen LogP) is 2.08. The second kappa shape index (κ2) is 3.93. The van der Waals surface area contributed by atoms with Crippen molar-refractivity contribution in [3.05, 3.63) is 23.8 Å². The lowest BCUT2D eigenvalue weighted by molar-refractivity contribution is -0.118.